The van der Waals surface area contributed by atoms with Gasteiger partial charge in [-0.05, 0) is 25.1 Å². The highest BCUT2D eigenvalue weighted by Crippen LogP contribution is 2.24. The minimum absolute atomic E-state index is 0.0180. The summed E-state index contributed by atoms with van der Waals surface area (Å²) in [6.07, 6.45) is 0. The summed E-state index contributed by atoms with van der Waals surface area (Å²) in [5.41, 5.74) is 1.24. The molecule has 0 fully saturated rings. The molecule has 0 bridgehead atoms. The second-order valence-electron chi connectivity index (χ2n) is 3.22. The summed E-state index contributed by atoms with van der Waals surface area (Å²) in [4.78, 5) is 12.2. The van der Waals surface area contributed by atoms with Crippen LogP contribution in [-0.4, -0.2) is 25.3 Å². The highest BCUT2D eigenvalue weighted by molar-refractivity contribution is 7.99. The number of methoxy groups -OCH3 is 1. The van der Waals surface area contributed by atoms with Crippen molar-refractivity contribution in [2.45, 2.75) is 11.8 Å². The third-order valence-corrected chi connectivity index (χ3v) is 3.05. The number of ketones is 1. The van der Waals surface area contributed by atoms with Gasteiger partial charge >= 0.3 is 0 Å². The molecule has 1 aromatic rings. The zero-order valence-corrected chi connectivity index (χ0v) is 10.1. The summed E-state index contributed by atoms with van der Waals surface area (Å²) in [6.45, 7) is 2.15. The minimum atomic E-state index is 0.0180. The van der Waals surface area contributed by atoms with Gasteiger partial charge in [-0.25, -0.2) is 0 Å². The lowest BCUT2D eigenvalue weighted by Gasteiger charge is -2.06. The largest absolute Gasteiger partial charge is 0.384 e. The SMILES string of the molecule is COCCSc1cc(C#N)ccc1C(C)=O. The zero-order chi connectivity index (χ0) is 12.0. The van der Waals surface area contributed by atoms with E-state index in [2.05, 4.69) is 6.07 Å². The summed E-state index contributed by atoms with van der Waals surface area (Å²) in [5, 5.41) is 8.79. The third-order valence-electron chi connectivity index (χ3n) is 2.04. The van der Waals surface area contributed by atoms with E-state index in [0.717, 1.165) is 10.6 Å². The maximum Gasteiger partial charge on any atom is 0.160 e. The van der Waals surface area contributed by atoms with E-state index in [1.807, 2.05) is 0 Å². The first-order chi connectivity index (χ1) is 7.69. The molecular weight excluding hydrogens is 222 g/mol. The molecule has 1 aromatic carbocycles. The maximum absolute atomic E-state index is 11.4. The molecule has 0 heterocycles. The van der Waals surface area contributed by atoms with Crippen LogP contribution in [0.2, 0.25) is 0 Å². The van der Waals surface area contributed by atoms with Crippen molar-refractivity contribution in [1.29, 1.82) is 5.26 Å². The first-order valence-electron chi connectivity index (χ1n) is 4.86. The van der Waals surface area contributed by atoms with Crippen LogP contribution < -0.4 is 0 Å². The Labute approximate surface area is 99.4 Å². The number of benzene rings is 1. The van der Waals surface area contributed by atoms with Gasteiger partial charge in [0.2, 0.25) is 0 Å². The fourth-order valence-corrected chi connectivity index (χ4v) is 2.28. The van der Waals surface area contributed by atoms with Crippen molar-refractivity contribution in [3.63, 3.8) is 0 Å². The number of nitrogens with zero attached hydrogens (tertiary/aromatic N) is 1. The molecule has 4 heteroatoms. The molecule has 84 valence electrons. The summed E-state index contributed by atoms with van der Waals surface area (Å²) in [6, 6.07) is 7.18. The number of rotatable bonds is 5. The molecule has 0 saturated heterocycles. The van der Waals surface area contributed by atoms with Crippen LogP contribution in [0.15, 0.2) is 23.1 Å². The lowest BCUT2D eigenvalue weighted by Crippen LogP contribution is -1.98. The van der Waals surface area contributed by atoms with Crippen LogP contribution in [0.3, 0.4) is 0 Å². The standard InChI is InChI=1S/C12H13NO2S/c1-9(14)11-4-3-10(8-13)7-12(11)16-6-5-15-2/h3-4,7H,5-6H2,1-2H3. The van der Waals surface area contributed by atoms with Crippen molar-refractivity contribution >= 4 is 17.5 Å². The van der Waals surface area contributed by atoms with Crippen LogP contribution in [0.25, 0.3) is 0 Å². The number of carbonyl (C=O) groups excluding carboxylic acids is 1. The minimum Gasteiger partial charge on any atom is -0.384 e. The van der Waals surface area contributed by atoms with E-state index in [9.17, 15) is 4.79 Å². The molecule has 0 amide bonds. The van der Waals surface area contributed by atoms with Gasteiger partial charge in [-0.1, -0.05) is 0 Å². The van der Waals surface area contributed by atoms with Gasteiger partial charge in [0.1, 0.15) is 0 Å². The van der Waals surface area contributed by atoms with Crippen LogP contribution in [0, 0.1) is 11.3 Å². The normalized spacial score (nSPS) is 9.81. The molecule has 1 rings (SSSR count). The second kappa shape index (κ2) is 6.31. The molecule has 0 spiro atoms. The molecule has 0 aromatic heterocycles. The van der Waals surface area contributed by atoms with Gasteiger partial charge in [0.05, 0.1) is 18.2 Å². The van der Waals surface area contributed by atoms with Crippen LogP contribution in [0.5, 0.6) is 0 Å². The lowest BCUT2D eigenvalue weighted by atomic mass is 10.1. The molecule has 3 nitrogen and oxygen atoms in total. The molecule has 0 saturated carbocycles. The Hall–Kier alpha value is -1.31. The van der Waals surface area contributed by atoms with Gasteiger partial charge in [0.25, 0.3) is 0 Å². The van der Waals surface area contributed by atoms with Crippen LogP contribution >= 0.6 is 11.8 Å². The van der Waals surface area contributed by atoms with Crippen molar-refractivity contribution in [2.75, 3.05) is 19.5 Å². The molecule has 0 aliphatic carbocycles. The summed E-state index contributed by atoms with van der Waals surface area (Å²) in [7, 11) is 1.64. The molecule has 16 heavy (non-hydrogen) atoms. The lowest BCUT2D eigenvalue weighted by molar-refractivity contribution is 0.101. The smallest absolute Gasteiger partial charge is 0.160 e. The van der Waals surface area contributed by atoms with Crippen molar-refractivity contribution in [1.82, 2.24) is 0 Å². The maximum atomic E-state index is 11.4. The Morgan fingerprint density at radius 3 is 2.88 bits per heavy atom. The Morgan fingerprint density at radius 1 is 1.56 bits per heavy atom. The Morgan fingerprint density at radius 2 is 2.31 bits per heavy atom. The molecular formula is C12H13NO2S. The summed E-state index contributed by atoms with van der Waals surface area (Å²) in [5.74, 6) is 0.787. The highest BCUT2D eigenvalue weighted by Gasteiger charge is 2.08. The predicted molar refractivity (Wildman–Crippen MR) is 63.8 cm³/mol. The summed E-state index contributed by atoms with van der Waals surface area (Å²) < 4.78 is 4.95. The first-order valence-corrected chi connectivity index (χ1v) is 5.84. The number of hydrogen-bond acceptors (Lipinski definition) is 4. The second-order valence-corrected chi connectivity index (χ2v) is 4.36. The van der Waals surface area contributed by atoms with E-state index >= 15 is 0 Å². The number of carbonyl (C=O) groups is 1. The van der Waals surface area contributed by atoms with Crippen molar-refractivity contribution < 1.29 is 9.53 Å². The van der Waals surface area contributed by atoms with Crippen molar-refractivity contribution in [2.24, 2.45) is 0 Å². The van der Waals surface area contributed by atoms with Crippen LogP contribution in [0.4, 0.5) is 0 Å². The van der Waals surface area contributed by atoms with Crippen LogP contribution in [0.1, 0.15) is 22.8 Å². The molecule has 0 aliphatic heterocycles. The molecule has 0 atom stereocenters. The first kappa shape index (κ1) is 12.8. The van der Waals surface area contributed by atoms with E-state index in [1.54, 1.807) is 25.3 Å². The molecule has 0 N–H and O–H groups in total. The van der Waals surface area contributed by atoms with Gasteiger partial charge in [0, 0.05) is 23.3 Å². The van der Waals surface area contributed by atoms with E-state index in [-0.39, 0.29) is 5.78 Å². The monoisotopic (exact) mass is 235 g/mol. The van der Waals surface area contributed by atoms with E-state index < -0.39 is 0 Å². The van der Waals surface area contributed by atoms with Crippen molar-refractivity contribution in [3.8, 4) is 6.07 Å². The number of hydrogen-bond donors (Lipinski definition) is 0. The van der Waals surface area contributed by atoms with Gasteiger partial charge < -0.3 is 4.74 Å². The van der Waals surface area contributed by atoms with Gasteiger partial charge in [0.15, 0.2) is 5.78 Å². The topological polar surface area (TPSA) is 50.1 Å². The fraction of sp³-hybridized carbons (Fsp3) is 0.333. The highest BCUT2D eigenvalue weighted by atomic mass is 32.2. The van der Waals surface area contributed by atoms with E-state index in [4.69, 9.17) is 10.00 Å². The van der Waals surface area contributed by atoms with Crippen molar-refractivity contribution in [3.05, 3.63) is 29.3 Å². The van der Waals surface area contributed by atoms with Gasteiger partial charge in [-0.2, -0.15) is 5.26 Å². The average Bonchev–Trinajstić information content (AvgIpc) is 2.29. The zero-order valence-electron chi connectivity index (χ0n) is 9.32. The molecule has 0 radical (unpaired) electrons. The quantitative estimate of drug-likeness (QED) is 0.447. The van der Waals surface area contributed by atoms with E-state index in [1.165, 1.54) is 18.7 Å². The number of nitriles is 1. The Bertz CT molecular complexity index is 424. The van der Waals surface area contributed by atoms with Gasteiger partial charge in [-0.15, -0.1) is 11.8 Å². The number of thioether (sulfide) groups is 1. The van der Waals surface area contributed by atoms with E-state index in [0.29, 0.717) is 17.7 Å². The molecule has 0 aliphatic rings. The Balaban J connectivity index is 2.92. The third kappa shape index (κ3) is 3.37. The number of ether oxygens (including phenoxy) is 1. The Kier molecular flexibility index (Phi) is 5.03. The summed E-state index contributed by atoms with van der Waals surface area (Å²) >= 11 is 1.53. The predicted octanol–water partition coefficient (Wildman–Crippen LogP) is 2.50. The number of Topliss-reactive ketones (excluding diaryl/α,β-unsaturated/α-hetero) is 1. The average molecular weight is 235 g/mol. The molecule has 0 unspecified atom stereocenters. The fourth-order valence-electron chi connectivity index (χ4n) is 1.24. The van der Waals surface area contributed by atoms with Crippen LogP contribution in [-0.2, 0) is 4.74 Å². The van der Waals surface area contributed by atoms with Gasteiger partial charge in [-0.3, -0.25) is 4.79 Å².